The largest absolute Gasteiger partial charge is 0.243 e. The number of sulfone groups is 1. The lowest BCUT2D eigenvalue weighted by Crippen LogP contribution is -2.34. The molecule has 0 bridgehead atoms. The zero-order valence-electron chi connectivity index (χ0n) is 11.5. The lowest BCUT2D eigenvalue weighted by molar-refractivity contribution is 0.529. The third-order valence-corrected chi connectivity index (χ3v) is 5.42. The monoisotopic (exact) mass is 334 g/mol. The van der Waals surface area contributed by atoms with Crippen molar-refractivity contribution >= 4 is 19.9 Å². The van der Waals surface area contributed by atoms with Crippen LogP contribution in [0.4, 0.5) is 4.39 Å². The van der Waals surface area contributed by atoms with Gasteiger partial charge in [-0.2, -0.15) is 5.26 Å². The Morgan fingerprint density at radius 3 is 2.43 bits per heavy atom. The Morgan fingerprint density at radius 2 is 1.95 bits per heavy atom. The Balaban J connectivity index is 3.29. The van der Waals surface area contributed by atoms with Crippen LogP contribution in [0.2, 0.25) is 0 Å². The molecule has 6 nitrogen and oxygen atoms in total. The highest BCUT2D eigenvalue weighted by Gasteiger charge is 2.24. The van der Waals surface area contributed by atoms with Crippen LogP contribution in [0.15, 0.2) is 28.0 Å². The summed E-state index contributed by atoms with van der Waals surface area (Å²) in [7, 11) is -7.91. The number of halogens is 1. The summed E-state index contributed by atoms with van der Waals surface area (Å²) in [5.74, 6) is -1.05. The van der Waals surface area contributed by atoms with Crippen LogP contribution < -0.4 is 4.72 Å². The lowest BCUT2D eigenvalue weighted by Gasteiger charge is -2.14. The Hall–Kier alpha value is -1.50. The molecule has 0 aliphatic carbocycles. The van der Waals surface area contributed by atoms with Crippen molar-refractivity contribution in [1.29, 1.82) is 5.26 Å². The highest BCUT2D eigenvalue weighted by molar-refractivity contribution is 7.91. The van der Waals surface area contributed by atoms with E-state index in [0.717, 1.165) is 24.5 Å². The van der Waals surface area contributed by atoms with E-state index < -0.39 is 36.6 Å². The molecule has 0 aromatic heterocycles. The molecule has 1 atom stereocenters. The standard InChI is InChI=1S/C12H15FN2O4S2/c1-3-9(6-7-14)15-21(18,19)12-8-10(20(2,16)17)4-5-11(12)13/h4-5,8-9,15H,3,6H2,1-2H3. The van der Waals surface area contributed by atoms with Gasteiger partial charge in [-0.25, -0.2) is 25.9 Å². The topological polar surface area (TPSA) is 104 Å². The second-order valence-corrected chi connectivity index (χ2v) is 8.15. The van der Waals surface area contributed by atoms with Gasteiger partial charge in [0.25, 0.3) is 0 Å². The number of sulfonamides is 1. The van der Waals surface area contributed by atoms with Crippen LogP contribution in [0.1, 0.15) is 19.8 Å². The quantitative estimate of drug-likeness (QED) is 0.787. The van der Waals surface area contributed by atoms with Crippen molar-refractivity contribution in [2.45, 2.75) is 35.6 Å². The minimum Gasteiger partial charge on any atom is -0.224 e. The predicted octanol–water partition coefficient (Wildman–Crippen LogP) is 1.20. The summed E-state index contributed by atoms with van der Waals surface area (Å²) >= 11 is 0. The van der Waals surface area contributed by atoms with Gasteiger partial charge in [-0.05, 0) is 24.6 Å². The Morgan fingerprint density at radius 1 is 1.33 bits per heavy atom. The molecule has 0 saturated carbocycles. The second kappa shape index (κ2) is 6.51. The third kappa shape index (κ3) is 4.49. The molecule has 21 heavy (non-hydrogen) atoms. The van der Waals surface area contributed by atoms with E-state index in [1.54, 1.807) is 6.92 Å². The van der Waals surface area contributed by atoms with E-state index in [2.05, 4.69) is 4.72 Å². The van der Waals surface area contributed by atoms with Crippen LogP contribution >= 0.6 is 0 Å². The SMILES string of the molecule is CCC(CC#N)NS(=O)(=O)c1cc(S(C)(=O)=O)ccc1F. The van der Waals surface area contributed by atoms with Crippen molar-refractivity contribution < 1.29 is 21.2 Å². The van der Waals surface area contributed by atoms with Gasteiger partial charge in [-0.1, -0.05) is 6.92 Å². The van der Waals surface area contributed by atoms with Gasteiger partial charge in [-0.15, -0.1) is 0 Å². The Bertz CT molecular complexity index is 767. The fourth-order valence-electron chi connectivity index (χ4n) is 1.58. The van der Waals surface area contributed by atoms with Crippen molar-refractivity contribution in [3.8, 4) is 6.07 Å². The van der Waals surface area contributed by atoms with Gasteiger partial charge in [0.05, 0.1) is 17.4 Å². The maximum atomic E-state index is 13.7. The van der Waals surface area contributed by atoms with Crippen molar-refractivity contribution in [3.63, 3.8) is 0 Å². The number of nitriles is 1. The van der Waals surface area contributed by atoms with E-state index in [1.807, 2.05) is 6.07 Å². The molecule has 116 valence electrons. The van der Waals surface area contributed by atoms with Crippen LogP contribution in [0, 0.1) is 17.1 Å². The molecule has 0 fully saturated rings. The zero-order valence-corrected chi connectivity index (χ0v) is 13.1. The van der Waals surface area contributed by atoms with E-state index in [1.165, 1.54) is 0 Å². The second-order valence-electron chi connectivity index (χ2n) is 4.45. The summed E-state index contributed by atoms with van der Waals surface area (Å²) in [5.41, 5.74) is 0. The normalized spacial score (nSPS) is 13.6. The summed E-state index contributed by atoms with van der Waals surface area (Å²) < 4.78 is 63.0. The predicted molar refractivity (Wildman–Crippen MR) is 74.1 cm³/mol. The Kier molecular flexibility index (Phi) is 5.44. The van der Waals surface area contributed by atoms with Gasteiger partial charge in [0.2, 0.25) is 10.0 Å². The minimum atomic E-state index is -4.25. The van der Waals surface area contributed by atoms with Crippen molar-refractivity contribution in [3.05, 3.63) is 24.0 Å². The molecule has 0 spiro atoms. The number of nitrogens with zero attached hydrogens (tertiary/aromatic N) is 1. The van der Waals surface area contributed by atoms with E-state index in [-0.39, 0.29) is 11.3 Å². The van der Waals surface area contributed by atoms with E-state index in [9.17, 15) is 21.2 Å². The molecule has 9 heteroatoms. The van der Waals surface area contributed by atoms with Gasteiger partial charge in [0.1, 0.15) is 10.7 Å². The molecule has 0 amide bonds. The van der Waals surface area contributed by atoms with Crippen LogP contribution in [0.5, 0.6) is 0 Å². The molecule has 1 rings (SSSR count). The number of benzene rings is 1. The molecule has 0 heterocycles. The molecule has 0 saturated heterocycles. The first-order chi connectivity index (χ1) is 9.61. The van der Waals surface area contributed by atoms with Crippen LogP contribution in [-0.2, 0) is 19.9 Å². The highest BCUT2D eigenvalue weighted by Crippen LogP contribution is 2.20. The van der Waals surface area contributed by atoms with E-state index in [4.69, 9.17) is 5.26 Å². The summed E-state index contributed by atoms with van der Waals surface area (Å²) in [6, 6.07) is 3.72. The molecule has 1 aromatic carbocycles. The van der Waals surface area contributed by atoms with Gasteiger partial charge in [0, 0.05) is 12.3 Å². The van der Waals surface area contributed by atoms with Gasteiger partial charge >= 0.3 is 0 Å². The maximum absolute atomic E-state index is 13.7. The Labute approximate surface area is 123 Å². The van der Waals surface area contributed by atoms with Crippen LogP contribution in [0.25, 0.3) is 0 Å². The van der Waals surface area contributed by atoms with Crippen molar-refractivity contribution in [2.75, 3.05) is 6.26 Å². The lowest BCUT2D eigenvalue weighted by atomic mass is 10.2. The highest BCUT2D eigenvalue weighted by atomic mass is 32.2. The van der Waals surface area contributed by atoms with Gasteiger partial charge < -0.3 is 0 Å². The third-order valence-electron chi connectivity index (χ3n) is 2.77. The smallest absolute Gasteiger partial charge is 0.224 e. The van der Waals surface area contributed by atoms with Gasteiger partial charge in [0.15, 0.2) is 9.84 Å². The average molecular weight is 334 g/mol. The van der Waals surface area contributed by atoms with Crippen molar-refractivity contribution in [2.24, 2.45) is 0 Å². The molecule has 0 radical (unpaired) electrons. The van der Waals surface area contributed by atoms with Crippen LogP contribution in [-0.4, -0.2) is 29.1 Å². The van der Waals surface area contributed by atoms with E-state index >= 15 is 0 Å². The molecular formula is C12H15FN2O4S2. The summed E-state index contributed by atoms with van der Waals surface area (Å²) in [4.78, 5) is -1.04. The average Bonchev–Trinajstić information content (AvgIpc) is 2.36. The number of nitrogens with one attached hydrogen (secondary N) is 1. The minimum absolute atomic E-state index is 0.0664. The fraction of sp³-hybridized carbons (Fsp3) is 0.417. The number of rotatable bonds is 6. The first-order valence-electron chi connectivity index (χ1n) is 6.00. The first-order valence-corrected chi connectivity index (χ1v) is 9.38. The zero-order chi connectivity index (χ0) is 16.3. The number of hydrogen-bond donors (Lipinski definition) is 1. The van der Waals surface area contributed by atoms with Crippen molar-refractivity contribution in [1.82, 2.24) is 4.72 Å². The fourth-order valence-corrected chi connectivity index (χ4v) is 3.73. The summed E-state index contributed by atoms with van der Waals surface area (Å²) in [6.07, 6.45) is 1.18. The van der Waals surface area contributed by atoms with E-state index in [0.29, 0.717) is 6.42 Å². The molecule has 1 aromatic rings. The maximum Gasteiger partial charge on any atom is 0.243 e. The summed E-state index contributed by atoms with van der Waals surface area (Å²) in [5, 5.41) is 8.60. The molecule has 1 unspecified atom stereocenters. The summed E-state index contributed by atoms with van der Waals surface area (Å²) in [6.45, 7) is 1.67. The molecular weight excluding hydrogens is 319 g/mol. The molecule has 1 N–H and O–H groups in total. The molecule has 0 aliphatic rings. The molecule has 0 aliphatic heterocycles. The van der Waals surface area contributed by atoms with Crippen LogP contribution in [0.3, 0.4) is 0 Å². The number of hydrogen-bond acceptors (Lipinski definition) is 5. The first kappa shape index (κ1) is 17.6. The van der Waals surface area contributed by atoms with Gasteiger partial charge in [-0.3, -0.25) is 0 Å².